The molecule has 0 spiro atoms. The first kappa shape index (κ1) is 15.9. The Hall–Kier alpha value is -1.36. The number of nitrogens with zero attached hydrogens (tertiary/aromatic N) is 3. The molecule has 2 saturated heterocycles. The van der Waals surface area contributed by atoms with Crippen molar-refractivity contribution in [3.05, 3.63) is 12.3 Å². The van der Waals surface area contributed by atoms with E-state index in [1.54, 1.807) is 0 Å². The fourth-order valence-electron chi connectivity index (χ4n) is 6.21. The molecule has 2 aliphatic carbocycles. The van der Waals surface area contributed by atoms with Crippen molar-refractivity contribution >= 4 is 11.8 Å². The van der Waals surface area contributed by atoms with Gasteiger partial charge in [-0.1, -0.05) is 20.8 Å². The Labute approximate surface area is 151 Å². The second-order valence-corrected chi connectivity index (χ2v) is 9.56. The summed E-state index contributed by atoms with van der Waals surface area (Å²) in [5.74, 6) is 3.53. The summed E-state index contributed by atoms with van der Waals surface area (Å²) in [7, 11) is 0. The van der Waals surface area contributed by atoms with Crippen LogP contribution >= 0.6 is 0 Å². The van der Waals surface area contributed by atoms with Gasteiger partial charge in [0.15, 0.2) is 0 Å². The number of nitrogens with one attached hydrogen (secondary N) is 2. The first-order valence-corrected chi connectivity index (χ1v) is 10.1. The number of hydrogen-bond acceptors (Lipinski definition) is 5. The molecular formula is C20H31N5. The van der Waals surface area contributed by atoms with E-state index in [0.29, 0.717) is 22.9 Å². The molecule has 2 bridgehead atoms. The zero-order valence-corrected chi connectivity index (χ0v) is 15.8. The van der Waals surface area contributed by atoms with Crippen LogP contribution in [0.2, 0.25) is 0 Å². The SMILES string of the molecule is CC1(C)[C@@H]2CC[C@@]1(C)[C@@H](Nc1nccc(N3CC4CCN[C@H]4C3)n1)C2. The largest absolute Gasteiger partial charge is 0.355 e. The molecule has 3 heterocycles. The van der Waals surface area contributed by atoms with E-state index in [1.807, 2.05) is 6.20 Å². The highest BCUT2D eigenvalue weighted by molar-refractivity contribution is 5.45. The zero-order valence-electron chi connectivity index (χ0n) is 15.8. The summed E-state index contributed by atoms with van der Waals surface area (Å²) in [6.45, 7) is 10.8. The minimum absolute atomic E-state index is 0.353. The van der Waals surface area contributed by atoms with Gasteiger partial charge in [-0.3, -0.25) is 0 Å². The number of rotatable bonds is 3. The molecular weight excluding hydrogens is 310 g/mol. The number of anilines is 2. The first-order valence-electron chi connectivity index (χ1n) is 10.1. The lowest BCUT2D eigenvalue weighted by molar-refractivity contribution is 0.142. The van der Waals surface area contributed by atoms with Crippen molar-refractivity contribution in [2.24, 2.45) is 22.7 Å². The highest BCUT2D eigenvalue weighted by Crippen LogP contribution is 2.65. The van der Waals surface area contributed by atoms with Gasteiger partial charge in [0.05, 0.1) is 0 Å². The Balaban J connectivity index is 1.33. The van der Waals surface area contributed by atoms with Crippen LogP contribution in [0.4, 0.5) is 11.8 Å². The average molecular weight is 342 g/mol. The van der Waals surface area contributed by atoms with E-state index >= 15 is 0 Å². The highest BCUT2D eigenvalue weighted by Gasteiger charge is 2.61. The maximum atomic E-state index is 4.88. The molecule has 4 aliphatic rings. The van der Waals surface area contributed by atoms with Gasteiger partial charge < -0.3 is 15.5 Å². The Morgan fingerprint density at radius 2 is 2.12 bits per heavy atom. The normalized spacial score (nSPS) is 41.3. The van der Waals surface area contributed by atoms with Gasteiger partial charge in [-0.05, 0) is 61.0 Å². The predicted molar refractivity (Wildman–Crippen MR) is 101 cm³/mol. The van der Waals surface area contributed by atoms with E-state index in [4.69, 9.17) is 4.98 Å². The van der Waals surface area contributed by atoms with Gasteiger partial charge in [0, 0.05) is 31.4 Å². The molecule has 2 saturated carbocycles. The van der Waals surface area contributed by atoms with Gasteiger partial charge in [-0.2, -0.15) is 4.98 Å². The first-order chi connectivity index (χ1) is 12.0. The van der Waals surface area contributed by atoms with E-state index < -0.39 is 0 Å². The molecule has 0 radical (unpaired) electrons. The molecule has 0 amide bonds. The molecule has 0 aromatic carbocycles. The van der Waals surface area contributed by atoms with Gasteiger partial charge in [-0.15, -0.1) is 0 Å². The summed E-state index contributed by atoms with van der Waals surface area (Å²) in [5.41, 5.74) is 0.770. The molecule has 1 unspecified atom stereocenters. The fraction of sp³-hybridized carbons (Fsp3) is 0.800. The van der Waals surface area contributed by atoms with E-state index in [-0.39, 0.29) is 0 Å². The van der Waals surface area contributed by atoms with Crippen LogP contribution in [0.15, 0.2) is 12.3 Å². The van der Waals surface area contributed by atoms with Crippen LogP contribution in [0.1, 0.15) is 46.5 Å². The molecule has 136 valence electrons. The van der Waals surface area contributed by atoms with Crippen LogP contribution in [0.25, 0.3) is 0 Å². The van der Waals surface area contributed by atoms with Crippen molar-refractivity contribution in [2.45, 2.75) is 58.5 Å². The second kappa shape index (κ2) is 5.32. The summed E-state index contributed by atoms with van der Waals surface area (Å²) in [4.78, 5) is 11.9. The summed E-state index contributed by atoms with van der Waals surface area (Å²) in [6.07, 6.45) is 7.19. The van der Waals surface area contributed by atoms with Gasteiger partial charge in [0.2, 0.25) is 5.95 Å². The third-order valence-electron chi connectivity index (χ3n) is 8.42. The van der Waals surface area contributed by atoms with Crippen molar-refractivity contribution in [3.63, 3.8) is 0 Å². The monoisotopic (exact) mass is 341 g/mol. The maximum absolute atomic E-state index is 4.88. The van der Waals surface area contributed by atoms with Crippen LogP contribution in [0, 0.1) is 22.7 Å². The summed E-state index contributed by atoms with van der Waals surface area (Å²) in [6, 6.07) is 3.21. The lowest BCUT2D eigenvalue weighted by atomic mass is 9.69. The second-order valence-electron chi connectivity index (χ2n) is 9.56. The van der Waals surface area contributed by atoms with Crippen molar-refractivity contribution in [3.8, 4) is 0 Å². The Kier molecular flexibility index (Phi) is 3.38. The maximum Gasteiger partial charge on any atom is 0.224 e. The molecule has 4 fully saturated rings. The van der Waals surface area contributed by atoms with Gasteiger partial charge >= 0.3 is 0 Å². The van der Waals surface area contributed by atoms with Gasteiger partial charge in [-0.25, -0.2) is 4.98 Å². The van der Waals surface area contributed by atoms with Crippen LogP contribution < -0.4 is 15.5 Å². The predicted octanol–water partition coefficient (Wildman–Crippen LogP) is 2.90. The Morgan fingerprint density at radius 1 is 1.24 bits per heavy atom. The molecule has 25 heavy (non-hydrogen) atoms. The standard InChI is InChI=1S/C20H31N5/c1-19(2)14-4-7-20(19,3)16(10-14)23-18-22-9-6-17(24-18)25-11-13-5-8-21-15(13)12-25/h6,9,13-16,21H,4-5,7-8,10-12H2,1-3H3,(H,22,23,24)/t13?,14-,15+,16+,20+/m1/s1. The quantitative estimate of drug-likeness (QED) is 0.885. The summed E-state index contributed by atoms with van der Waals surface area (Å²) < 4.78 is 0. The molecule has 2 aliphatic heterocycles. The van der Waals surface area contributed by atoms with Crippen LogP contribution in [-0.2, 0) is 0 Å². The third-order valence-corrected chi connectivity index (χ3v) is 8.42. The van der Waals surface area contributed by atoms with Crippen LogP contribution in [0.5, 0.6) is 0 Å². The Morgan fingerprint density at radius 3 is 2.84 bits per heavy atom. The van der Waals surface area contributed by atoms with Crippen LogP contribution in [-0.4, -0.2) is 41.7 Å². The third kappa shape index (κ3) is 2.24. The van der Waals surface area contributed by atoms with E-state index in [1.165, 1.54) is 32.2 Å². The lowest BCUT2D eigenvalue weighted by Gasteiger charge is -2.39. The van der Waals surface area contributed by atoms with E-state index in [9.17, 15) is 0 Å². The number of hydrogen-bond donors (Lipinski definition) is 2. The van der Waals surface area contributed by atoms with Crippen molar-refractivity contribution in [1.29, 1.82) is 0 Å². The molecule has 2 N–H and O–H groups in total. The van der Waals surface area contributed by atoms with Crippen molar-refractivity contribution in [2.75, 3.05) is 29.9 Å². The molecule has 5 heteroatoms. The topological polar surface area (TPSA) is 53.1 Å². The summed E-state index contributed by atoms with van der Waals surface area (Å²) >= 11 is 0. The average Bonchev–Trinajstić information content (AvgIpc) is 3.27. The molecule has 5 nitrogen and oxygen atoms in total. The summed E-state index contributed by atoms with van der Waals surface area (Å²) in [5, 5.41) is 7.34. The molecule has 5 rings (SSSR count). The number of fused-ring (bicyclic) bond motifs is 3. The lowest BCUT2D eigenvalue weighted by Crippen LogP contribution is -2.40. The minimum atomic E-state index is 0.353. The minimum Gasteiger partial charge on any atom is -0.355 e. The molecule has 1 aromatic heterocycles. The molecule has 5 atom stereocenters. The van der Waals surface area contributed by atoms with Crippen molar-refractivity contribution in [1.82, 2.24) is 15.3 Å². The van der Waals surface area contributed by atoms with E-state index in [0.717, 1.165) is 36.7 Å². The fourth-order valence-corrected chi connectivity index (χ4v) is 6.21. The van der Waals surface area contributed by atoms with Crippen LogP contribution in [0.3, 0.4) is 0 Å². The van der Waals surface area contributed by atoms with Gasteiger partial charge in [0.25, 0.3) is 0 Å². The zero-order chi connectivity index (χ0) is 17.2. The number of aromatic nitrogens is 2. The smallest absolute Gasteiger partial charge is 0.224 e. The van der Waals surface area contributed by atoms with Gasteiger partial charge in [0.1, 0.15) is 5.82 Å². The Bertz CT molecular complexity index is 662. The van der Waals surface area contributed by atoms with E-state index in [2.05, 4.69) is 47.4 Å². The molecule has 1 aromatic rings. The highest BCUT2D eigenvalue weighted by atomic mass is 15.3. The van der Waals surface area contributed by atoms with Crippen molar-refractivity contribution < 1.29 is 0 Å².